The van der Waals surface area contributed by atoms with Gasteiger partial charge in [0.05, 0.1) is 10.8 Å². The second-order valence-corrected chi connectivity index (χ2v) is 8.34. The average Bonchev–Trinajstić information content (AvgIpc) is 3.15. The van der Waals surface area contributed by atoms with E-state index in [0.29, 0.717) is 18.7 Å². The number of piperazine rings is 1. The molecule has 0 aliphatic carbocycles. The van der Waals surface area contributed by atoms with Gasteiger partial charge in [-0.25, -0.2) is 0 Å². The van der Waals surface area contributed by atoms with Crippen LogP contribution in [0.4, 0.5) is 18.9 Å². The highest BCUT2D eigenvalue weighted by atomic mass is 32.2. The zero-order valence-electron chi connectivity index (χ0n) is 16.2. The monoisotopic (exact) mass is 435 g/mol. The number of benzene rings is 1. The van der Waals surface area contributed by atoms with Crippen molar-refractivity contribution in [1.29, 1.82) is 0 Å². The van der Waals surface area contributed by atoms with Crippen molar-refractivity contribution in [1.82, 2.24) is 19.5 Å². The minimum atomic E-state index is -4.46. The molecule has 0 radical (unpaired) electrons. The van der Waals surface area contributed by atoms with Crippen molar-refractivity contribution in [2.24, 2.45) is 0 Å². The first-order chi connectivity index (χ1) is 14.3. The molecule has 1 aliphatic rings. The summed E-state index contributed by atoms with van der Waals surface area (Å²) in [7, 11) is 0. The Hall–Kier alpha value is -2.75. The lowest BCUT2D eigenvalue weighted by Crippen LogP contribution is -2.50. The van der Waals surface area contributed by atoms with Gasteiger partial charge >= 0.3 is 6.18 Å². The third-order valence-electron chi connectivity index (χ3n) is 5.04. The maximum absolute atomic E-state index is 13.0. The molecule has 6 nitrogen and oxygen atoms in total. The number of hydrogen-bond donors (Lipinski definition) is 0. The Morgan fingerprint density at radius 3 is 2.40 bits per heavy atom. The van der Waals surface area contributed by atoms with Gasteiger partial charge in [-0.05, 0) is 31.2 Å². The van der Waals surface area contributed by atoms with Crippen molar-refractivity contribution in [3.63, 3.8) is 0 Å². The number of carbonyl (C=O) groups is 1. The van der Waals surface area contributed by atoms with Crippen LogP contribution >= 0.6 is 11.8 Å². The molecule has 30 heavy (non-hydrogen) atoms. The van der Waals surface area contributed by atoms with E-state index >= 15 is 0 Å². The lowest BCUT2D eigenvalue weighted by atomic mass is 10.2. The summed E-state index contributed by atoms with van der Waals surface area (Å²) >= 11 is 1.12. The van der Waals surface area contributed by atoms with Crippen LogP contribution in [0, 0.1) is 0 Å². The number of anilines is 1. The third-order valence-corrected chi connectivity index (χ3v) is 6.09. The molecule has 3 aromatic rings. The van der Waals surface area contributed by atoms with E-state index in [1.54, 1.807) is 11.8 Å². The standard InChI is InChI=1S/C20H20F3N5OS/c1-14(18(29)27-11-9-26(10-12-27)16-5-3-2-4-6-16)30-19-25-24-17-8-7-15(13-28(17)19)20(21,22)23/h2-8,13-14H,9-12H2,1H3. The van der Waals surface area contributed by atoms with Gasteiger partial charge in [-0.15, -0.1) is 10.2 Å². The molecule has 4 rings (SSSR count). The van der Waals surface area contributed by atoms with Crippen LogP contribution in [0.1, 0.15) is 12.5 Å². The zero-order chi connectivity index (χ0) is 21.3. The molecule has 2 aromatic heterocycles. The molecular weight excluding hydrogens is 415 g/mol. The minimum Gasteiger partial charge on any atom is -0.368 e. The lowest BCUT2D eigenvalue weighted by molar-refractivity contribution is -0.138. The van der Waals surface area contributed by atoms with Crippen LogP contribution in [0.15, 0.2) is 53.8 Å². The first kappa shape index (κ1) is 20.5. The Morgan fingerprint density at radius 2 is 1.73 bits per heavy atom. The lowest BCUT2D eigenvalue weighted by Gasteiger charge is -2.37. The molecule has 1 atom stereocenters. The predicted octanol–water partition coefficient (Wildman–Crippen LogP) is 3.58. The molecule has 0 spiro atoms. The van der Waals surface area contributed by atoms with E-state index in [1.807, 2.05) is 30.3 Å². The predicted molar refractivity (Wildman–Crippen MR) is 109 cm³/mol. The highest BCUT2D eigenvalue weighted by Crippen LogP contribution is 2.31. The molecule has 3 heterocycles. The van der Waals surface area contributed by atoms with Crippen molar-refractivity contribution in [3.8, 4) is 0 Å². The molecule has 1 fully saturated rings. The molecule has 158 valence electrons. The average molecular weight is 435 g/mol. The van der Waals surface area contributed by atoms with Gasteiger partial charge < -0.3 is 9.80 Å². The van der Waals surface area contributed by atoms with Gasteiger partial charge in [-0.1, -0.05) is 30.0 Å². The maximum Gasteiger partial charge on any atom is 0.417 e. The van der Waals surface area contributed by atoms with E-state index in [-0.39, 0.29) is 11.1 Å². The van der Waals surface area contributed by atoms with E-state index in [2.05, 4.69) is 15.1 Å². The molecular formula is C20H20F3N5OS. The Morgan fingerprint density at radius 1 is 1.03 bits per heavy atom. The largest absolute Gasteiger partial charge is 0.417 e. The first-order valence-electron chi connectivity index (χ1n) is 9.50. The van der Waals surface area contributed by atoms with Gasteiger partial charge in [0.2, 0.25) is 5.91 Å². The molecule has 1 aromatic carbocycles. The molecule has 1 saturated heterocycles. The number of para-hydroxylation sites is 1. The summed E-state index contributed by atoms with van der Waals surface area (Å²) in [5.74, 6) is -0.0589. The van der Waals surface area contributed by atoms with E-state index in [1.165, 1.54) is 10.5 Å². The van der Waals surface area contributed by atoms with Crippen LogP contribution in [0.3, 0.4) is 0 Å². The summed E-state index contributed by atoms with van der Waals surface area (Å²) < 4.78 is 40.3. The van der Waals surface area contributed by atoms with Crippen LogP contribution < -0.4 is 4.90 Å². The number of amides is 1. The fourth-order valence-corrected chi connectivity index (χ4v) is 4.32. The van der Waals surface area contributed by atoms with Crippen molar-refractivity contribution in [2.75, 3.05) is 31.1 Å². The topological polar surface area (TPSA) is 53.7 Å². The molecule has 0 N–H and O–H groups in total. The van der Waals surface area contributed by atoms with Crippen LogP contribution in [0.2, 0.25) is 0 Å². The summed E-state index contributed by atoms with van der Waals surface area (Å²) in [5, 5.41) is 7.64. The van der Waals surface area contributed by atoms with Crippen molar-refractivity contribution in [2.45, 2.75) is 23.5 Å². The van der Waals surface area contributed by atoms with Gasteiger partial charge in [0.1, 0.15) is 0 Å². The first-order valence-corrected chi connectivity index (χ1v) is 10.4. The van der Waals surface area contributed by atoms with E-state index in [4.69, 9.17) is 0 Å². The fourth-order valence-electron chi connectivity index (χ4n) is 3.41. The molecule has 1 aliphatic heterocycles. The van der Waals surface area contributed by atoms with E-state index < -0.39 is 17.0 Å². The van der Waals surface area contributed by atoms with Crippen molar-refractivity contribution in [3.05, 3.63) is 54.2 Å². The van der Waals surface area contributed by atoms with E-state index in [9.17, 15) is 18.0 Å². The van der Waals surface area contributed by atoms with Gasteiger partial charge in [0.25, 0.3) is 0 Å². The van der Waals surface area contributed by atoms with Crippen molar-refractivity contribution < 1.29 is 18.0 Å². The Balaban J connectivity index is 1.42. The summed E-state index contributed by atoms with van der Waals surface area (Å²) in [6.07, 6.45) is -3.49. The van der Waals surface area contributed by atoms with Crippen LogP contribution in [0.5, 0.6) is 0 Å². The number of carbonyl (C=O) groups excluding carboxylic acids is 1. The Labute approximate surface area is 175 Å². The number of pyridine rings is 1. The minimum absolute atomic E-state index is 0.0589. The third kappa shape index (κ3) is 4.23. The Kier molecular flexibility index (Phi) is 5.59. The molecule has 0 bridgehead atoms. The summed E-state index contributed by atoms with van der Waals surface area (Å²) in [6.45, 7) is 4.39. The maximum atomic E-state index is 13.0. The molecule has 10 heteroatoms. The Bertz CT molecular complexity index is 1030. The highest BCUT2D eigenvalue weighted by Gasteiger charge is 2.32. The number of aromatic nitrogens is 3. The van der Waals surface area contributed by atoms with E-state index in [0.717, 1.165) is 42.8 Å². The van der Waals surface area contributed by atoms with Crippen molar-refractivity contribution >= 4 is 29.0 Å². The second kappa shape index (κ2) is 8.17. The summed E-state index contributed by atoms with van der Waals surface area (Å²) in [6, 6.07) is 12.3. The number of hydrogen-bond acceptors (Lipinski definition) is 5. The number of alkyl halides is 3. The molecule has 1 amide bonds. The number of halogens is 3. The normalized spacial score (nSPS) is 16.1. The summed E-state index contributed by atoms with van der Waals surface area (Å²) in [4.78, 5) is 16.9. The van der Waals surface area contributed by atoms with Crippen LogP contribution in [0.25, 0.3) is 5.65 Å². The smallest absolute Gasteiger partial charge is 0.368 e. The fraction of sp³-hybridized carbons (Fsp3) is 0.350. The van der Waals surface area contributed by atoms with Gasteiger partial charge in [-0.2, -0.15) is 13.2 Å². The summed E-state index contributed by atoms with van der Waals surface area (Å²) in [5.41, 5.74) is 0.650. The van der Waals surface area contributed by atoms with Crippen LogP contribution in [-0.4, -0.2) is 56.8 Å². The van der Waals surface area contributed by atoms with Gasteiger partial charge in [0, 0.05) is 38.1 Å². The zero-order valence-corrected chi connectivity index (χ0v) is 17.0. The number of nitrogens with zero attached hydrogens (tertiary/aromatic N) is 5. The molecule has 1 unspecified atom stereocenters. The molecule has 0 saturated carbocycles. The highest BCUT2D eigenvalue weighted by molar-refractivity contribution is 8.00. The SMILES string of the molecule is CC(Sc1nnc2ccc(C(F)(F)F)cn12)C(=O)N1CCN(c2ccccc2)CC1. The number of thioether (sulfide) groups is 1. The van der Waals surface area contributed by atoms with Gasteiger partial charge in [-0.3, -0.25) is 9.20 Å². The van der Waals surface area contributed by atoms with Crippen LogP contribution in [-0.2, 0) is 11.0 Å². The quantitative estimate of drug-likeness (QED) is 0.587. The van der Waals surface area contributed by atoms with Gasteiger partial charge in [0.15, 0.2) is 10.8 Å². The number of fused-ring (bicyclic) bond motifs is 1. The second-order valence-electron chi connectivity index (χ2n) is 7.03. The number of rotatable bonds is 4.